The number of aliphatic hydroxyl groups is 1. The quantitative estimate of drug-likeness (QED) is 0.698. The minimum absolute atomic E-state index is 0.000974. The fraction of sp³-hybridized carbons (Fsp3) is 0.579. The number of H-pyrrole nitrogens is 1. The van der Waals surface area contributed by atoms with Crippen LogP contribution in [0.2, 0.25) is 0 Å². The highest BCUT2D eigenvalue weighted by Gasteiger charge is 2.58. The molecule has 2 heterocycles. The van der Waals surface area contributed by atoms with Gasteiger partial charge in [-0.15, -0.1) is 0 Å². The molecule has 10 heteroatoms. The Kier molecular flexibility index (Phi) is 3.69. The number of phenols is 1. The molecule has 0 bridgehead atoms. The van der Waals surface area contributed by atoms with Gasteiger partial charge in [0.25, 0.3) is 11.5 Å². The number of hydrogen-bond acceptors (Lipinski definition) is 5. The fourth-order valence-electron chi connectivity index (χ4n) is 5.13. The molecule has 29 heavy (non-hydrogen) atoms. The predicted octanol–water partition coefficient (Wildman–Crippen LogP) is 1.63. The monoisotopic (exact) mass is 411 g/mol. The highest BCUT2D eigenvalue weighted by molar-refractivity contribution is 5.92. The summed E-state index contributed by atoms with van der Waals surface area (Å²) in [5.74, 6) is -6.28. The maximum absolute atomic E-state index is 15.2. The first-order chi connectivity index (χ1) is 13.6. The molecule has 2 aromatic rings. The van der Waals surface area contributed by atoms with Crippen LogP contribution >= 0.6 is 0 Å². The van der Waals surface area contributed by atoms with Gasteiger partial charge in [0, 0.05) is 37.0 Å². The van der Waals surface area contributed by atoms with Gasteiger partial charge in [-0.05, 0) is 25.7 Å². The van der Waals surface area contributed by atoms with Crippen LogP contribution in [0.1, 0.15) is 30.9 Å². The van der Waals surface area contributed by atoms with Gasteiger partial charge < -0.3 is 15.1 Å². The van der Waals surface area contributed by atoms with Crippen molar-refractivity contribution in [2.75, 3.05) is 18.0 Å². The van der Waals surface area contributed by atoms with Crippen molar-refractivity contribution in [3.63, 3.8) is 0 Å². The number of nitrogens with one attached hydrogen (secondary N) is 1. The predicted molar refractivity (Wildman–Crippen MR) is 98.2 cm³/mol. The second kappa shape index (κ2) is 5.78. The van der Waals surface area contributed by atoms with Gasteiger partial charge >= 0.3 is 5.69 Å². The summed E-state index contributed by atoms with van der Waals surface area (Å²) < 4.78 is 44.1. The lowest BCUT2D eigenvalue weighted by Gasteiger charge is -2.27. The van der Waals surface area contributed by atoms with Crippen molar-refractivity contribution in [1.29, 1.82) is 0 Å². The summed E-state index contributed by atoms with van der Waals surface area (Å²) in [6.07, 6.45) is -0.837. The van der Waals surface area contributed by atoms with E-state index in [0.717, 1.165) is 12.8 Å². The number of fused-ring (bicyclic) bond motifs is 2. The van der Waals surface area contributed by atoms with Crippen LogP contribution in [0.25, 0.3) is 10.9 Å². The zero-order valence-corrected chi connectivity index (χ0v) is 15.6. The number of nitrogens with zero attached hydrogens (tertiary/aromatic N) is 2. The van der Waals surface area contributed by atoms with Gasteiger partial charge in [-0.1, -0.05) is 0 Å². The SMILES string of the molecule is Cc1c(N2CC3CC(F)(F)C(O)C3C2)c(F)c(O)c2c(=O)[nH]c(=O)n(C3CC3)c12. The van der Waals surface area contributed by atoms with Gasteiger partial charge in [0.1, 0.15) is 11.5 Å². The zero-order chi connectivity index (χ0) is 20.8. The van der Waals surface area contributed by atoms with Crippen molar-refractivity contribution >= 4 is 16.6 Å². The lowest BCUT2D eigenvalue weighted by molar-refractivity contribution is -0.0973. The number of aromatic amines is 1. The number of alkyl halides is 2. The summed E-state index contributed by atoms with van der Waals surface area (Å²) in [6.45, 7) is 1.65. The van der Waals surface area contributed by atoms with Crippen LogP contribution in [0.3, 0.4) is 0 Å². The van der Waals surface area contributed by atoms with E-state index in [-0.39, 0.29) is 35.7 Å². The van der Waals surface area contributed by atoms with Crippen molar-refractivity contribution in [2.24, 2.45) is 11.8 Å². The molecule has 2 saturated carbocycles. The van der Waals surface area contributed by atoms with Gasteiger partial charge in [-0.2, -0.15) is 0 Å². The molecular weight excluding hydrogens is 391 g/mol. The van der Waals surface area contributed by atoms with E-state index < -0.39 is 53.1 Å². The molecule has 1 aromatic carbocycles. The van der Waals surface area contributed by atoms with Gasteiger partial charge in [-0.25, -0.2) is 18.0 Å². The Morgan fingerprint density at radius 2 is 1.90 bits per heavy atom. The number of halogens is 3. The number of aliphatic hydroxyl groups excluding tert-OH is 1. The molecule has 156 valence electrons. The Bertz CT molecular complexity index is 1150. The standard InChI is InChI=1S/C19H20F3N3O4/c1-7-13-11(17(28)23-18(29)25(13)9-2-3-9)15(26)12(20)14(7)24-5-8-4-19(21,22)16(27)10(8)6-24/h8-10,16,26-27H,2-6H2,1H3,(H,23,28,29). The molecule has 3 aliphatic rings. The molecule has 3 unspecified atom stereocenters. The van der Waals surface area contributed by atoms with Crippen LogP contribution in [0.15, 0.2) is 9.59 Å². The van der Waals surface area contributed by atoms with Gasteiger partial charge in [0.15, 0.2) is 11.6 Å². The van der Waals surface area contributed by atoms with Crippen molar-refractivity contribution in [3.05, 3.63) is 32.2 Å². The lowest BCUT2D eigenvalue weighted by Crippen LogP contribution is -2.36. The minimum Gasteiger partial charge on any atom is -0.504 e. The van der Waals surface area contributed by atoms with Crippen LogP contribution in [0.4, 0.5) is 18.9 Å². The van der Waals surface area contributed by atoms with Gasteiger partial charge in [-0.3, -0.25) is 14.3 Å². The number of aryl methyl sites for hydroxylation is 1. The van der Waals surface area contributed by atoms with Crippen LogP contribution in [0.5, 0.6) is 5.75 Å². The van der Waals surface area contributed by atoms with Crippen LogP contribution in [-0.2, 0) is 0 Å². The lowest BCUT2D eigenvalue weighted by atomic mass is 9.99. The van der Waals surface area contributed by atoms with E-state index in [2.05, 4.69) is 4.98 Å². The molecule has 1 aliphatic heterocycles. The van der Waals surface area contributed by atoms with Crippen molar-refractivity contribution < 1.29 is 23.4 Å². The first kappa shape index (κ1) is 18.5. The summed E-state index contributed by atoms with van der Waals surface area (Å²) in [6, 6.07) is -0.142. The highest BCUT2D eigenvalue weighted by atomic mass is 19.3. The number of rotatable bonds is 2. The summed E-state index contributed by atoms with van der Waals surface area (Å²) in [7, 11) is 0. The summed E-state index contributed by atoms with van der Waals surface area (Å²) in [4.78, 5) is 28.4. The maximum atomic E-state index is 15.2. The molecule has 1 saturated heterocycles. The average Bonchev–Trinajstić information content (AvgIpc) is 3.35. The first-order valence-electron chi connectivity index (χ1n) is 9.62. The number of aromatic nitrogens is 2. The van der Waals surface area contributed by atoms with Crippen LogP contribution in [-0.4, -0.2) is 44.9 Å². The number of phenolic OH excluding ortho intramolecular Hbond substituents is 1. The molecule has 7 nitrogen and oxygen atoms in total. The van der Waals surface area contributed by atoms with E-state index in [9.17, 15) is 28.6 Å². The molecule has 2 aliphatic carbocycles. The molecule has 0 spiro atoms. The highest BCUT2D eigenvalue weighted by Crippen LogP contribution is 2.50. The molecule has 3 atom stereocenters. The van der Waals surface area contributed by atoms with E-state index in [1.54, 1.807) is 6.92 Å². The molecule has 3 fully saturated rings. The minimum atomic E-state index is -3.17. The Morgan fingerprint density at radius 1 is 1.21 bits per heavy atom. The van der Waals surface area contributed by atoms with E-state index in [4.69, 9.17) is 0 Å². The average molecular weight is 411 g/mol. The van der Waals surface area contributed by atoms with E-state index in [1.165, 1.54) is 9.47 Å². The van der Waals surface area contributed by atoms with Crippen molar-refractivity contribution in [2.45, 2.75) is 44.3 Å². The number of aromatic hydroxyl groups is 1. The summed E-state index contributed by atoms with van der Waals surface area (Å²) in [5, 5.41) is 20.1. The Balaban J connectivity index is 1.70. The van der Waals surface area contributed by atoms with Crippen molar-refractivity contribution in [1.82, 2.24) is 9.55 Å². The molecular formula is C19H20F3N3O4. The fourth-order valence-corrected chi connectivity index (χ4v) is 5.13. The molecule has 5 rings (SSSR count). The second-order valence-electron chi connectivity index (χ2n) is 8.46. The third-order valence-electron chi connectivity index (χ3n) is 6.60. The largest absolute Gasteiger partial charge is 0.504 e. The second-order valence-corrected chi connectivity index (χ2v) is 8.46. The smallest absolute Gasteiger partial charge is 0.329 e. The van der Waals surface area contributed by atoms with Crippen molar-refractivity contribution in [3.8, 4) is 5.75 Å². The Labute approximate surface area is 162 Å². The zero-order valence-electron chi connectivity index (χ0n) is 15.6. The van der Waals surface area contributed by atoms with Gasteiger partial charge in [0.2, 0.25) is 0 Å². The van der Waals surface area contributed by atoms with E-state index >= 15 is 4.39 Å². The Hall–Kier alpha value is -2.49. The summed E-state index contributed by atoms with van der Waals surface area (Å²) in [5.41, 5.74) is -1.05. The van der Waals surface area contributed by atoms with Gasteiger partial charge in [0.05, 0.1) is 11.2 Å². The molecule has 0 amide bonds. The maximum Gasteiger partial charge on any atom is 0.329 e. The molecule has 3 N–H and O–H groups in total. The first-order valence-corrected chi connectivity index (χ1v) is 9.62. The van der Waals surface area contributed by atoms with E-state index in [0.29, 0.717) is 5.56 Å². The van der Waals surface area contributed by atoms with Crippen LogP contribution < -0.4 is 16.1 Å². The third-order valence-corrected chi connectivity index (χ3v) is 6.60. The Morgan fingerprint density at radius 3 is 2.52 bits per heavy atom. The number of hydrogen-bond donors (Lipinski definition) is 3. The molecule has 0 radical (unpaired) electrons. The topological polar surface area (TPSA) is 98.6 Å². The van der Waals surface area contributed by atoms with E-state index in [1.807, 2.05) is 0 Å². The number of benzene rings is 1. The normalized spacial score (nSPS) is 28.3. The van der Waals surface area contributed by atoms with Crippen LogP contribution in [0, 0.1) is 24.6 Å². The summed E-state index contributed by atoms with van der Waals surface area (Å²) >= 11 is 0. The number of anilines is 1. The third kappa shape index (κ3) is 2.47. The molecule has 1 aromatic heterocycles.